The van der Waals surface area contributed by atoms with E-state index in [4.69, 9.17) is 9.47 Å². The number of hydrogen-bond acceptors (Lipinski definition) is 2. The van der Waals surface area contributed by atoms with Crippen LogP contribution in [0.5, 0.6) is 0 Å². The first-order valence-electron chi connectivity index (χ1n) is 8.21. The van der Waals surface area contributed by atoms with Gasteiger partial charge < -0.3 is 9.47 Å². The summed E-state index contributed by atoms with van der Waals surface area (Å²) < 4.78 is 11.7. The predicted octanol–water partition coefficient (Wildman–Crippen LogP) is 3.58. The van der Waals surface area contributed by atoms with Gasteiger partial charge in [0.25, 0.3) is 5.95 Å². The molecule has 3 nitrogen and oxygen atoms in total. The lowest BCUT2D eigenvalue weighted by Crippen LogP contribution is -2.60. The standard InChI is InChI=1S/C21H23NO2/c1-20(2)21(3,4)24-19(23-20)14-15-22-18-12-10-17(11-13-18)16-8-6-5-7-9-16/h5-15H,1-4H3/p+1. The molecule has 0 radical (unpaired) electrons. The van der Waals surface area contributed by atoms with Gasteiger partial charge in [0.1, 0.15) is 11.2 Å². The second kappa shape index (κ2) is 6.16. The van der Waals surface area contributed by atoms with Crippen LogP contribution in [0.3, 0.4) is 0 Å². The van der Waals surface area contributed by atoms with Gasteiger partial charge in [0.05, 0.1) is 6.08 Å². The summed E-state index contributed by atoms with van der Waals surface area (Å²) >= 11 is 0. The van der Waals surface area contributed by atoms with E-state index in [9.17, 15) is 0 Å². The Bertz CT molecular complexity index is 738. The second-order valence-electron chi connectivity index (χ2n) is 6.96. The van der Waals surface area contributed by atoms with Crippen LogP contribution < -0.4 is 4.99 Å². The number of benzene rings is 2. The molecule has 1 fully saturated rings. The minimum Gasteiger partial charge on any atom is -0.455 e. The molecule has 0 unspecified atom stereocenters. The number of allylic oxidation sites excluding steroid dienone is 1. The van der Waals surface area contributed by atoms with E-state index in [-0.39, 0.29) is 11.2 Å². The SMILES string of the molecule is CC1(C)OC(=CC=[NH+]c2ccc(-c3ccccc3)cc2)OC1(C)C. The van der Waals surface area contributed by atoms with E-state index < -0.39 is 0 Å². The summed E-state index contributed by atoms with van der Waals surface area (Å²) in [5.41, 5.74) is 2.74. The van der Waals surface area contributed by atoms with Gasteiger partial charge in [-0.2, -0.15) is 0 Å². The molecule has 2 aromatic carbocycles. The van der Waals surface area contributed by atoms with Crippen LogP contribution in [-0.4, -0.2) is 17.4 Å². The quantitative estimate of drug-likeness (QED) is 0.876. The Balaban J connectivity index is 1.69. The molecular formula is C21H24NO2+. The molecule has 0 atom stereocenters. The molecule has 1 aliphatic rings. The maximum atomic E-state index is 5.85. The van der Waals surface area contributed by atoms with Gasteiger partial charge in [-0.1, -0.05) is 30.3 Å². The van der Waals surface area contributed by atoms with Gasteiger partial charge in [0.2, 0.25) is 5.69 Å². The minimum absolute atomic E-state index is 0.343. The van der Waals surface area contributed by atoms with Crippen molar-refractivity contribution in [3.05, 3.63) is 66.6 Å². The summed E-state index contributed by atoms with van der Waals surface area (Å²) in [6.45, 7) is 8.13. The number of hydrogen-bond donors (Lipinski definition) is 1. The van der Waals surface area contributed by atoms with E-state index in [1.807, 2.05) is 58.2 Å². The van der Waals surface area contributed by atoms with E-state index >= 15 is 0 Å². The number of rotatable bonds is 3. The summed E-state index contributed by atoms with van der Waals surface area (Å²) in [7, 11) is 0. The number of ether oxygens (including phenoxy) is 2. The van der Waals surface area contributed by atoms with E-state index in [1.54, 1.807) is 0 Å². The highest BCUT2D eigenvalue weighted by Crippen LogP contribution is 2.39. The zero-order valence-electron chi connectivity index (χ0n) is 14.7. The Kier molecular flexibility index (Phi) is 4.18. The van der Waals surface area contributed by atoms with E-state index in [1.165, 1.54) is 11.1 Å². The Morgan fingerprint density at radius 1 is 0.750 bits per heavy atom. The Labute approximate surface area is 143 Å². The van der Waals surface area contributed by atoms with Crippen molar-refractivity contribution in [1.82, 2.24) is 0 Å². The van der Waals surface area contributed by atoms with Crippen LogP contribution in [0.15, 0.2) is 66.6 Å². The highest BCUT2D eigenvalue weighted by molar-refractivity contribution is 5.68. The molecular weight excluding hydrogens is 298 g/mol. The second-order valence-corrected chi connectivity index (χ2v) is 6.96. The highest BCUT2D eigenvalue weighted by Gasteiger charge is 2.48. The van der Waals surface area contributed by atoms with Crippen molar-refractivity contribution < 1.29 is 14.5 Å². The first kappa shape index (κ1) is 16.3. The molecule has 124 valence electrons. The van der Waals surface area contributed by atoms with Crippen LogP contribution in [0.4, 0.5) is 5.69 Å². The number of nitrogens with one attached hydrogen (secondary N) is 1. The molecule has 0 spiro atoms. The van der Waals surface area contributed by atoms with Gasteiger partial charge in [-0.3, -0.25) is 0 Å². The largest absolute Gasteiger partial charge is 0.455 e. The van der Waals surface area contributed by atoms with Crippen LogP contribution in [0.1, 0.15) is 27.7 Å². The fourth-order valence-corrected chi connectivity index (χ4v) is 2.43. The average Bonchev–Trinajstić information content (AvgIpc) is 2.76. The summed E-state index contributed by atoms with van der Waals surface area (Å²) in [5.74, 6) is 0.540. The molecule has 2 aromatic rings. The van der Waals surface area contributed by atoms with Crippen molar-refractivity contribution in [3.63, 3.8) is 0 Å². The van der Waals surface area contributed by atoms with Crippen LogP contribution in [-0.2, 0) is 9.47 Å². The van der Waals surface area contributed by atoms with Crippen molar-refractivity contribution in [3.8, 4) is 11.1 Å². The van der Waals surface area contributed by atoms with E-state index in [0.717, 1.165) is 5.69 Å². The molecule has 1 N–H and O–H groups in total. The van der Waals surface area contributed by atoms with E-state index in [0.29, 0.717) is 5.95 Å². The van der Waals surface area contributed by atoms with Gasteiger partial charge in [-0.05, 0) is 51.0 Å². The third-order valence-corrected chi connectivity index (χ3v) is 4.62. The van der Waals surface area contributed by atoms with Gasteiger partial charge in [0, 0.05) is 12.1 Å². The van der Waals surface area contributed by atoms with Crippen molar-refractivity contribution in [2.24, 2.45) is 0 Å². The monoisotopic (exact) mass is 322 g/mol. The molecule has 0 aliphatic carbocycles. The maximum Gasteiger partial charge on any atom is 0.286 e. The molecule has 0 bridgehead atoms. The summed E-state index contributed by atoms with van der Waals surface area (Å²) in [6, 6.07) is 18.7. The van der Waals surface area contributed by atoms with Gasteiger partial charge in [-0.15, -0.1) is 0 Å². The topological polar surface area (TPSA) is 32.4 Å². The summed E-state index contributed by atoms with van der Waals surface area (Å²) in [6.07, 6.45) is 3.66. The first-order valence-corrected chi connectivity index (χ1v) is 8.21. The van der Waals surface area contributed by atoms with Crippen LogP contribution in [0.2, 0.25) is 0 Å². The highest BCUT2D eigenvalue weighted by atomic mass is 16.7. The Morgan fingerprint density at radius 2 is 1.29 bits per heavy atom. The van der Waals surface area contributed by atoms with E-state index in [2.05, 4.69) is 41.4 Å². The lowest BCUT2D eigenvalue weighted by atomic mass is 9.90. The summed E-state index contributed by atoms with van der Waals surface area (Å²) in [5, 5.41) is 0. The molecule has 3 heteroatoms. The fraction of sp³-hybridized carbons (Fsp3) is 0.286. The molecule has 0 saturated carbocycles. The molecule has 24 heavy (non-hydrogen) atoms. The van der Waals surface area contributed by atoms with Crippen LogP contribution in [0.25, 0.3) is 11.1 Å². The lowest BCUT2D eigenvalue weighted by molar-refractivity contribution is -0.346. The minimum atomic E-state index is -0.343. The van der Waals surface area contributed by atoms with Gasteiger partial charge in [0.15, 0.2) is 6.21 Å². The van der Waals surface area contributed by atoms with Crippen molar-refractivity contribution >= 4 is 11.9 Å². The molecule has 1 saturated heterocycles. The molecule has 3 rings (SSSR count). The average molecular weight is 322 g/mol. The van der Waals surface area contributed by atoms with Crippen LogP contribution >= 0.6 is 0 Å². The predicted molar refractivity (Wildman–Crippen MR) is 97.0 cm³/mol. The van der Waals surface area contributed by atoms with Crippen molar-refractivity contribution in [1.29, 1.82) is 0 Å². The summed E-state index contributed by atoms with van der Waals surface area (Å²) in [4.78, 5) is 3.24. The van der Waals surface area contributed by atoms with Crippen molar-refractivity contribution in [2.45, 2.75) is 38.9 Å². The molecule has 1 aliphatic heterocycles. The lowest BCUT2D eigenvalue weighted by Gasteiger charge is -2.28. The van der Waals surface area contributed by atoms with Gasteiger partial charge >= 0.3 is 0 Å². The Hall–Kier alpha value is -2.55. The third-order valence-electron chi connectivity index (χ3n) is 4.62. The molecule has 0 aromatic heterocycles. The maximum absolute atomic E-state index is 5.85. The van der Waals surface area contributed by atoms with Gasteiger partial charge in [-0.25, -0.2) is 4.99 Å². The zero-order chi connectivity index (χ0) is 17.2. The zero-order valence-corrected chi connectivity index (χ0v) is 14.7. The Morgan fingerprint density at radius 3 is 1.88 bits per heavy atom. The third kappa shape index (κ3) is 3.35. The first-order chi connectivity index (χ1) is 11.4. The smallest absolute Gasteiger partial charge is 0.286 e. The molecule has 0 amide bonds. The fourth-order valence-electron chi connectivity index (χ4n) is 2.43. The molecule has 1 heterocycles. The van der Waals surface area contributed by atoms with Crippen molar-refractivity contribution in [2.75, 3.05) is 0 Å². The van der Waals surface area contributed by atoms with Crippen LogP contribution in [0, 0.1) is 0 Å². The normalized spacial score (nSPS) is 18.2.